The zero-order valence-electron chi connectivity index (χ0n) is 4.23. The van der Waals surface area contributed by atoms with Gasteiger partial charge in [0, 0.05) is 5.57 Å². The predicted octanol–water partition coefficient (Wildman–Crippen LogP) is 0.897. The molecule has 0 spiro atoms. The minimum atomic E-state index is -0.458. The third-order valence-electron chi connectivity index (χ3n) is 0.480. The Morgan fingerprint density at radius 2 is 2.14 bits per heavy atom. The van der Waals surface area contributed by atoms with Gasteiger partial charge in [-0.2, -0.15) is 0 Å². The molecule has 0 bridgehead atoms. The normalized spacial score (nSPS) is 7.71. The van der Waals surface area contributed by atoms with Gasteiger partial charge >= 0.3 is 5.97 Å². The van der Waals surface area contributed by atoms with Crippen LogP contribution in [0.1, 0.15) is 6.92 Å². The summed E-state index contributed by atoms with van der Waals surface area (Å²) < 4.78 is 4.02. The second-order valence-corrected chi connectivity index (χ2v) is 1.21. The van der Waals surface area contributed by atoms with E-state index in [9.17, 15) is 4.79 Å². The molecule has 1 radical (unpaired) electrons. The molecule has 0 atom stereocenters. The molecule has 39 valence electrons. The van der Waals surface area contributed by atoms with Crippen LogP contribution in [0.4, 0.5) is 0 Å². The van der Waals surface area contributed by atoms with Crippen molar-refractivity contribution < 1.29 is 9.53 Å². The first-order valence-electron chi connectivity index (χ1n) is 1.80. The average Bonchev–Trinajstić information content (AvgIpc) is 1.65. The van der Waals surface area contributed by atoms with Crippen LogP contribution < -0.4 is 0 Å². The van der Waals surface area contributed by atoms with Crippen molar-refractivity contribution in [3.8, 4) is 0 Å². The largest absolute Gasteiger partial charge is 0.459 e. The molecule has 0 aliphatic carbocycles. The molecule has 0 saturated heterocycles. The zero-order chi connectivity index (χ0) is 5.86. The third kappa shape index (κ3) is 1.98. The topological polar surface area (TPSA) is 26.3 Å². The molecule has 0 rings (SSSR count). The molecular weight excluding hydrogens is 92.1 g/mol. The van der Waals surface area contributed by atoms with Crippen LogP contribution >= 0.6 is 0 Å². The van der Waals surface area contributed by atoms with Crippen LogP contribution in [-0.4, -0.2) is 5.97 Å². The minimum Gasteiger partial charge on any atom is -0.459 e. The van der Waals surface area contributed by atoms with Gasteiger partial charge < -0.3 is 4.74 Å². The van der Waals surface area contributed by atoms with Crippen molar-refractivity contribution in [2.24, 2.45) is 0 Å². The third-order valence-corrected chi connectivity index (χ3v) is 0.480. The number of esters is 1. The van der Waals surface area contributed by atoms with E-state index < -0.39 is 5.97 Å². The number of carbonyl (C=O) groups excluding carboxylic acids is 1. The Labute approximate surface area is 42.8 Å². The molecule has 0 amide bonds. The van der Waals surface area contributed by atoms with E-state index in [4.69, 9.17) is 0 Å². The average molecular weight is 99.1 g/mol. The Morgan fingerprint density at radius 3 is 2.14 bits per heavy atom. The zero-order valence-corrected chi connectivity index (χ0v) is 4.23. The van der Waals surface area contributed by atoms with Crippen LogP contribution in [0.3, 0.4) is 0 Å². The van der Waals surface area contributed by atoms with Crippen LogP contribution in [0.5, 0.6) is 0 Å². The standard InChI is InChI=1S/C5H7O2/c1-4(2)5(6)7-3/h1,3H2,2H3. The number of rotatable bonds is 1. The number of hydrogen-bond acceptors (Lipinski definition) is 2. The lowest BCUT2D eigenvalue weighted by atomic mass is 10.4. The van der Waals surface area contributed by atoms with Gasteiger partial charge in [-0.1, -0.05) is 6.58 Å². The summed E-state index contributed by atoms with van der Waals surface area (Å²) in [4.78, 5) is 10.1. The lowest BCUT2D eigenvalue weighted by molar-refractivity contribution is -0.133. The first-order chi connectivity index (χ1) is 3.18. The Hall–Kier alpha value is -0.790. The Morgan fingerprint density at radius 1 is 1.71 bits per heavy atom. The summed E-state index contributed by atoms with van der Waals surface area (Å²) in [5.41, 5.74) is 0.370. The van der Waals surface area contributed by atoms with E-state index in [2.05, 4.69) is 18.4 Å². The van der Waals surface area contributed by atoms with Gasteiger partial charge in [0.15, 0.2) is 0 Å². The first kappa shape index (κ1) is 6.21. The van der Waals surface area contributed by atoms with Crippen molar-refractivity contribution in [3.05, 3.63) is 19.3 Å². The van der Waals surface area contributed by atoms with E-state index in [1.54, 1.807) is 6.92 Å². The number of hydrogen-bond donors (Lipinski definition) is 0. The molecule has 0 unspecified atom stereocenters. The fourth-order valence-electron chi connectivity index (χ4n) is 0.123. The number of ether oxygens (including phenoxy) is 1. The van der Waals surface area contributed by atoms with Crippen LogP contribution in [0.25, 0.3) is 0 Å². The van der Waals surface area contributed by atoms with Gasteiger partial charge in [-0.15, -0.1) is 0 Å². The van der Waals surface area contributed by atoms with E-state index in [0.29, 0.717) is 5.57 Å². The molecule has 0 aliphatic heterocycles. The van der Waals surface area contributed by atoms with E-state index in [1.807, 2.05) is 0 Å². The van der Waals surface area contributed by atoms with Crippen molar-refractivity contribution in [1.82, 2.24) is 0 Å². The summed E-state index contributed by atoms with van der Waals surface area (Å²) >= 11 is 0. The first-order valence-corrected chi connectivity index (χ1v) is 1.80. The smallest absolute Gasteiger partial charge is 0.333 e. The summed E-state index contributed by atoms with van der Waals surface area (Å²) in [5.74, 6) is -0.458. The van der Waals surface area contributed by atoms with Gasteiger partial charge in [-0.3, -0.25) is 0 Å². The van der Waals surface area contributed by atoms with Crippen molar-refractivity contribution >= 4 is 5.97 Å². The maximum atomic E-state index is 10.1. The maximum absolute atomic E-state index is 10.1. The summed E-state index contributed by atoms with van der Waals surface area (Å²) in [6.07, 6.45) is 0. The fourth-order valence-corrected chi connectivity index (χ4v) is 0.123. The Balaban J connectivity index is 3.58. The molecule has 0 aromatic carbocycles. The molecule has 0 aromatic rings. The highest BCUT2D eigenvalue weighted by Gasteiger charge is 1.95. The lowest BCUT2D eigenvalue weighted by Gasteiger charge is -1.90. The molecule has 2 heteroatoms. The molecule has 0 N–H and O–H groups in total. The molecule has 0 aliphatic rings. The van der Waals surface area contributed by atoms with Crippen molar-refractivity contribution in [1.29, 1.82) is 0 Å². The van der Waals surface area contributed by atoms with Crippen LogP contribution in [0.15, 0.2) is 12.2 Å². The van der Waals surface area contributed by atoms with Gasteiger partial charge in [-0.25, -0.2) is 4.79 Å². The maximum Gasteiger partial charge on any atom is 0.333 e. The predicted molar refractivity (Wildman–Crippen MR) is 26.3 cm³/mol. The highest BCUT2D eigenvalue weighted by atomic mass is 16.5. The molecule has 0 heterocycles. The Kier molecular flexibility index (Phi) is 2.12. The lowest BCUT2D eigenvalue weighted by Crippen LogP contribution is -1.97. The molecule has 2 nitrogen and oxygen atoms in total. The monoisotopic (exact) mass is 99.0 g/mol. The fraction of sp³-hybridized carbons (Fsp3) is 0.200. The van der Waals surface area contributed by atoms with Crippen molar-refractivity contribution in [2.75, 3.05) is 0 Å². The van der Waals surface area contributed by atoms with E-state index in [1.165, 1.54) is 0 Å². The van der Waals surface area contributed by atoms with Gasteiger partial charge in [0.1, 0.15) is 7.11 Å². The summed E-state index contributed by atoms with van der Waals surface area (Å²) in [6.45, 7) is 4.87. The molecule has 0 saturated carbocycles. The van der Waals surface area contributed by atoms with Crippen molar-refractivity contribution in [3.63, 3.8) is 0 Å². The van der Waals surface area contributed by atoms with Gasteiger partial charge in [0.25, 0.3) is 0 Å². The van der Waals surface area contributed by atoms with Gasteiger partial charge in [0.05, 0.1) is 0 Å². The summed E-state index contributed by atoms with van der Waals surface area (Å²) in [7, 11) is 2.90. The minimum absolute atomic E-state index is 0.370. The highest BCUT2D eigenvalue weighted by Crippen LogP contribution is 1.88. The van der Waals surface area contributed by atoms with E-state index in [-0.39, 0.29) is 0 Å². The molecule has 7 heavy (non-hydrogen) atoms. The molecule has 0 aromatic heterocycles. The second-order valence-electron chi connectivity index (χ2n) is 1.21. The van der Waals surface area contributed by atoms with E-state index >= 15 is 0 Å². The second kappa shape index (κ2) is 2.39. The van der Waals surface area contributed by atoms with Gasteiger partial charge in [0.2, 0.25) is 0 Å². The quantitative estimate of drug-likeness (QED) is 0.360. The Bertz CT molecular complexity index is 94.3. The van der Waals surface area contributed by atoms with Crippen LogP contribution in [0.2, 0.25) is 0 Å². The summed E-state index contributed by atoms with van der Waals surface area (Å²) in [6, 6.07) is 0. The van der Waals surface area contributed by atoms with Crippen LogP contribution in [0, 0.1) is 7.11 Å². The van der Waals surface area contributed by atoms with Crippen LogP contribution in [-0.2, 0) is 9.53 Å². The molecular formula is C5H7O2. The molecule has 0 fully saturated rings. The number of carbonyl (C=O) groups is 1. The van der Waals surface area contributed by atoms with E-state index in [0.717, 1.165) is 0 Å². The van der Waals surface area contributed by atoms with Crippen molar-refractivity contribution in [2.45, 2.75) is 6.92 Å². The van der Waals surface area contributed by atoms with Gasteiger partial charge in [-0.05, 0) is 6.92 Å². The summed E-state index contributed by atoms with van der Waals surface area (Å²) in [5, 5.41) is 0. The highest BCUT2D eigenvalue weighted by molar-refractivity contribution is 5.86. The SMILES string of the molecule is [CH2]OC(=O)C(=C)C.